The fourth-order valence-corrected chi connectivity index (χ4v) is 5.07. The lowest BCUT2D eigenvalue weighted by Crippen LogP contribution is -2.29. The van der Waals surface area contributed by atoms with Gasteiger partial charge in [0.25, 0.3) is 5.56 Å². The molecule has 6 heteroatoms. The highest BCUT2D eigenvalue weighted by Crippen LogP contribution is 2.35. The van der Waals surface area contributed by atoms with Gasteiger partial charge in [-0.25, -0.2) is 4.98 Å². The molecule has 5 nitrogen and oxygen atoms in total. The molecule has 0 saturated heterocycles. The first-order chi connectivity index (χ1) is 12.5. The largest absolute Gasteiger partial charge is 0.480 e. The van der Waals surface area contributed by atoms with Crippen molar-refractivity contribution in [3.63, 3.8) is 0 Å². The monoisotopic (exact) mass is 368 g/mol. The first-order valence-electron chi connectivity index (χ1n) is 8.82. The molecule has 1 N–H and O–H groups in total. The Morgan fingerprint density at radius 1 is 1.35 bits per heavy atom. The summed E-state index contributed by atoms with van der Waals surface area (Å²) in [5, 5.41) is 9.93. The lowest BCUT2D eigenvalue weighted by Gasteiger charge is -2.17. The van der Waals surface area contributed by atoms with Gasteiger partial charge in [-0.1, -0.05) is 37.3 Å². The maximum absolute atomic E-state index is 13.2. The zero-order valence-corrected chi connectivity index (χ0v) is 15.4. The summed E-state index contributed by atoms with van der Waals surface area (Å²) in [6, 6.07) is 9.71. The van der Waals surface area contributed by atoms with E-state index in [1.54, 1.807) is 11.3 Å². The van der Waals surface area contributed by atoms with Crippen molar-refractivity contribution in [3.05, 3.63) is 62.5 Å². The molecular weight excluding hydrogens is 348 g/mol. The molecule has 0 saturated carbocycles. The summed E-state index contributed by atoms with van der Waals surface area (Å²) in [6.07, 6.45) is 3.35. The maximum Gasteiger partial charge on any atom is 0.323 e. The molecule has 0 fully saturated rings. The fraction of sp³-hybridized carbons (Fsp3) is 0.350. The van der Waals surface area contributed by atoms with E-state index in [0.29, 0.717) is 23.5 Å². The molecule has 0 spiro atoms. The maximum atomic E-state index is 13.2. The first-order valence-corrected chi connectivity index (χ1v) is 9.64. The summed E-state index contributed by atoms with van der Waals surface area (Å²) in [5.74, 6) is 0.101. The Labute approximate surface area is 154 Å². The summed E-state index contributed by atoms with van der Waals surface area (Å²) in [5.41, 5.74) is 1.88. The van der Waals surface area contributed by atoms with E-state index in [1.165, 1.54) is 9.44 Å². The van der Waals surface area contributed by atoms with Gasteiger partial charge < -0.3 is 5.11 Å². The van der Waals surface area contributed by atoms with E-state index >= 15 is 0 Å². The van der Waals surface area contributed by atoms with Gasteiger partial charge in [-0.2, -0.15) is 0 Å². The number of nitrogens with zero attached hydrogens (tertiary/aromatic N) is 2. The van der Waals surface area contributed by atoms with E-state index < -0.39 is 5.97 Å². The second-order valence-electron chi connectivity index (χ2n) is 7.01. The van der Waals surface area contributed by atoms with Gasteiger partial charge >= 0.3 is 5.97 Å². The second-order valence-corrected chi connectivity index (χ2v) is 8.09. The minimum atomic E-state index is -1.03. The van der Waals surface area contributed by atoms with E-state index in [0.717, 1.165) is 35.2 Å². The van der Waals surface area contributed by atoms with Gasteiger partial charge in [0.2, 0.25) is 0 Å². The summed E-state index contributed by atoms with van der Waals surface area (Å²) in [4.78, 5) is 31.2. The Bertz CT molecular complexity index is 1040. The number of aliphatic carboxylic acids is 1. The zero-order chi connectivity index (χ0) is 18.3. The summed E-state index contributed by atoms with van der Waals surface area (Å²) < 4.78 is 1.34. The lowest BCUT2D eigenvalue weighted by atomic mass is 9.89. The molecule has 4 rings (SSSR count). The minimum Gasteiger partial charge on any atom is -0.480 e. The summed E-state index contributed by atoms with van der Waals surface area (Å²) >= 11 is 1.60. The molecule has 134 valence electrons. The van der Waals surface area contributed by atoms with Crippen LogP contribution >= 0.6 is 11.3 Å². The van der Waals surface area contributed by atoms with Crippen molar-refractivity contribution in [2.45, 2.75) is 39.2 Å². The molecule has 1 aliphatic carbocycles. The Morgan fingerprint density at radius 3 is 2.85 bits per heavy atom. The fourth-order valence-electron chi connectivity index (χ4n) is 3.68. The van der Waals surface area contributed by atoms with E-state index in [1.807, 2.05) is 30.3 Å². The van der Waals surface area contributed by atoms with Crippen LogP contribution in [-0.2, 0) is 30.6 Å². The molecule has 0 aliphatic heterocycles. The van der Waals surface area contributed by atoms with Gasteiger partial charge in [0.15, 0.2) is 0 Å². The van der Waals surface area contributed by atoms with Crippen molar-refractivity contribution in [1.29, 1.82) is 0 Å². The predicted molar refractivity (Wildman–Crippen MR) is 102 cm³/mol. The van der Waals surface area contributed by atoms with E-state index in [9.17, 15) is 14.7 Å². The third kappa shape index (κ3) is 3.05. The van der Waals surface area contributed by atoms with Crippen LogP contribution in [0, 0.1) is 5.92 Å². The van der Waals surface area contributed by atoms with Crippen molar-refractivity contribution in [1.82, 2.24) is 9.55 Å². The molecular formula is C20H20N2O3S. The van der Waals surface area contributed by atoms with E-state index in [-0.39, 0.29) is 12.1 Å². The molecule has 1 unspecified atom stereocenters. The number of aromatic nitrogens is 2. The molecule has 0 radical (unpaired) electrons. The van der Waals surface area contributed by atoms with Crippen LogP contribution in [0.4, 0.5) is 0 Å². The third-order valence-corrected chi connectivity index (χ3v) is 6.14. The number of carbonyl (C=O) groups is 1. The Balaban J connectivity index is 1.90. The van der Waals surface area contributed by atoms with Crippen LogP contribution < -0.4 is 5.56 Å². The summed E-state index contributed by atoms with van der Waals surface area (Å²) in [7, 11) is 0. The van der Waals surface area contributed by atoms with Crippen molar-refractivity contribution in [3.8, 4) is 0 Å². The Hall–Kier alpha value is -2.47. The number of carboxylic acid groups (broad SMARTS) is 1. The lowest BCUT2D eigenvalue weighted by molar-refractivity contribution is -0.137. The van der Waals surface area contributed by atoms with Crippen LogP contribution in [0.3, 0.4) is 0 Å². The van der Waals surface area contributed by atoms with E-state index in [4.69, 9.17) is 4.98 Å². The Morgan fingerprint density at radius 2 is 2.12 bits per heavy atom. The molecule has 2 heterocycles. The zero-order valence-electron chi connectivity index (χ0n) is 14.6. The SMILES string of the molecule is CC1CCc2c(sc3nc(Cc4ccccc4)n(CC(=O)O)c(=O)c23)C1. The van der Waals surface area contributed by atoms with Gasteiger partial charge in [0, 0.05) is 11.3 Å². The van der Waals surface area contributed by atoms with Crippen LogP contribution in [0.15, 0.2) is 35.1 Å². The first kappa shape index (κ1) is 17.0. The van der Waals surface area contributed by atoms with Crippen LogP contribution in [0.1, 0.15) is 35.2 Å². The smallest absolute Gasteiger partial charge is 0.323 e. The highest BCUT2D eigenvalue weighted by Gasteiger charge is 2.25. The number of benzene rings is 1. The van der Waals surface area contributed by atoms with Gasteiger partial charge in [0.1, 0.15) is 17.2 Å². The van der Waals surface area contributed by atoms with Crippen LogP contribution in [0.25, 0.3) is 10.2 Å². The van der Waals surface area contributed by atoms with Gasteiger partial charge in [0.05, 0.1) is 5.39 Å². The van der Waals surface area contributed by atoms with Crippen molar-refractivity contribution in [2.24, 2.45) is 5.92 Å². The molecule has 1 aliphatic rings. The molecule has 0 amide bonds. The third-order valence-electron chi connectivity index (χ3n) is 4.99. The molecule has 1 atom stereocenters. The number of hydrogen-bond acceptors (Lipinski definition) is 4. The van der Waals surface area contributed by atoms with Crippen LogP contribution in [0.2, 0.25) is 0 Å². The van der Waals surface area contributed by atoms with Crippen molar-refractivity contribution < 1.29 is 9.90 Å². The van der Waals surface area contributed by atoms with Crippen LogP contribution in [-0.4, -0.2) is 20.6 Å². The van der Waals surface area contributed by atoms with E-state index in [2.05, 4.69) is 6.92 Å². The summed E-state index contributed by atoms with van der Waals surface area (Å²) in [6.45, 7) is 1.87. The molecule has 26 heavy (non-hydrogen) atoms. The van der Waals surface area contributed by atoms with Crippen molar-refractivity contribution >= 4 is 27.5 Å². The predicted octanol–water partition coefficient (Wildman–Crippen LogP) is 3.26. The number of aryl methyl sites for hydroxylation is 1. The number of hydrogen-bond donors (Lipinski definition) is 1. The van der Waals surface area contributed by atoms with Crippen molar-refractivity contribution in [2.75, 3.05) is 0 Å². The minimum absolute atomic E-state index is 0.213. The molecule has 1 aromatic carbocycles. The highest BCUT2D eigenvalue weighted by atomic mass is 32.1. The van der Waals surface area contributed by atoms with Gasteiger partial charge in [-0.3, -0.25) is 14.2 Å². The second kappa shape index (κ2) is 6.68. The number of fused-ring (bicyclic) bond motifs is 3. The van der Waals surface area contributed by atoms with Gasteiger partial charge in [-0.15, -0.1) is 11.3 Å². The Kier molecular flexibility index (Phi) is 4.36. The standard InChI is InChI=1S/C20H20N2O3S/c1-12-7-8-14-15(9-12)26-19-18(14)20(25)22(11-17(23)24)16(21-19)10-13-5-3-2-4-6-13/h2-6,12H,7-11H2,1H3,(H,23,24). The quantitative estimate of drug-likeness (QED) is 0.767. The average Bonchev–Trinajstić information content (AvgIpc) is 2.96. The number of thiophene rings is 1. The topological polar surface area (TPSA) is 72.2 Å². The van der Waals surface area contributed by atoms with Crippen LogP contribution in [0.5, 0.6) is 0 Å². The number of carboxylic acids is 1. The molecule has 0 bridgehead atoms. The molecule has 2 aromatic heterocycles. The van der Waals surface area contributed by atoms with Gasteiger partial charge in [-0.05, 0) is 36.3 Å². The average molecular weight is 368 g/mol. The normalized spacial score (nSPS) is 16.6. The number of rotatable bonds is 4. The highest BCUT2D eigenvalue weighted by molar-refractivity contribution is 7.18. The molecule has 3 aromatic rings.